The van der Waals surface area contributed by atoms with Crippen LogP contribution < -0.4 is 5.32 Å². The lowest BCUT2D eigenvalue weighted by molar-refractivity contribution is -0.0645. The van der Waals surface area contributed by atoms with Crippen molar-refractivity contribution in [3.8, 4) is 0 Å². The van der Waals surface area contributed by atoms with Gasteiger partial charge in [0.2, 0.25) is 0 Å². The molecule has 0 unspecified atom stereocenters. The van der Waals surface area contributed by atoms with Gasteiger partial charge in [0.15, 0.2) is 0 Å². The largest absolute Gasteiger partial charge is 0.388 e. The molecular weight excluding hydrogens is 178 g/mol. The van der Waals surface area contributed by atoms with E-state index < -0.39 is 5.60 Å². The fourth-order valence-electron chi connectivity index (χ4n) is 2.33. The van der Waals surface area contributed by atoms with Gasteiger partial charge in [-0.1, -0.05) is 6.92 Å². The molecule has 2 aliphatic rings. The SMILES string of the molecule is CC1CC(NCC2(O)CCOCC2)C1. The van der Waals surface area contributed by atoms with E-state index in [1.54, 1.807) is 0 Å². The highest BCUT2D eigenvalue weighted by Gasteiger charge is 2.32. The Bertz CT molecular complexity index is 184. The van der Waals surface area contributed by atoms with Crippen molar-refractivity contribution in [2.75, 3.05) is 19.8 Å². The summed E-state index contributed by atoms with van der Waals surface area (Å²) in [7, 11) is 0. The van der Waals surface area contributed by atoms with Crippen molar-refractivity contribution in [3.63, 3.8) is 0 Å². The second-order valence-electron chi connectivity index (χ2n) is 4.99. The summed E-state index contributed by atoms with van der Waals surface area (Å²) in [5.74, 6) is 0.872. The van der Waals surface area contributed by atoms with Crippen molar-refractivity contribution in [3.05, 3.63) is 0 Å². The summed E-state index contributed by atoms with van der Waals surface area (Å²) in [5, 5.41) is 13.6. The van der Waals surface area contributed by atoms with E-state index in [2.05, 4.69) is 12.2 Å². The highest BCUT2D eigenvalue weighted by molar-refractivity contribution is 4.88. The Hall–Kier alpha value is -0.120. The molecule has 1 saturated heterocycles. The minimum atomic E-state index is -0.503. The predicted octanol–water partition coefficient (Wildman–Crippen LogP) is 0.916. The van der Waals surface area contributed by atoms with Crippen molar-refractivity contribution in [2.24, 2.45) is 5.92 Å². The molecule has 0 spiro atoms. The Balaban J connectivity index is 1.68. The fraction of sp³-hybridized carbons (Fsp3) is 1.00. The van der Waals surface area contributed by atoms with Crippen LogP contribution in [0.1, 0.15) is 32.6 Å². The average Bonchev–Trinajstić information content (AvgIpc) is 2.12. The standard InChI is InChI=1S/C11H21NO2/c1-9-6-10(7-9)12-8-11(13)2-4-14-5-3-11/h9-10,12-13H,2-8H2,1H3. The van der Waals surface area contributed by atoms with Crippen LogP contribution in [0.15, 0.2) is 0 Å². The van der Waals surface area contributed by atoms with Gasteiger partial charge in [0.25, 0.3) is 0 Å². The molecule has 1 saturated carbocycles. The summed E-state index contributed by atoms with van der Waals surface area (Å²) < 4.78 is 5.24. The van der Waals surface area contributed by atoms with Crippen molar-refractivity contribution >= 4 is 0 Å². The summed E-state index contributed by atoms with van der Waals surface area (Å²) in [5.41, 5.74) is -0.503. The maximum Gasteiger partial charge on any atom is 0.0815 e. The Morgan fingerprint density at radius 1 is 1.36 bits per heavy atom. The number of nitrogens with one attached hydrogen (secondary N) is 1. The van der Waals surface area contributed by atoms with Crippen molar-refractivity contribution in [1.29, 1.82) is 0 Å². The van der Waals surface area contributed by atoms with Crippen LogP contribution in [-0.2, 0) is 4.74 Å². The zero-order valence-corrected chi connectivity index (χ0v) is 8.96. The van der Waals surface area contributed by atoms with Gasteiger partial charge in [-0.2, -0.15) is 0 Å². The molecule has 3 nitrogen and oxygen atoms in total. The van der Waals surface area contributed by atoms with E-state index in [1.807, 2.05) is 0 Å². The summed E-state index contributed by atoms with van der Waals surface area (Å²) >= 11 is 0. The molecule has 3 heteroatoms. The molecular formula is C11H21NO2. The molecule has 14 heavy (non-hydrogen) atoms. The van der Waals surface area contributed by atoms with Crippen LogP contribution in [0.2, 0.25) is 0 Å². The Labute approximate surface area is 85.8 Å². The van der Waals surface area contributed by atoms with Crippen LogP contribution in [-0.4, -0.2) is 36.5 Å². The van der Waals surface area contributed by atoms with Gasteiger partial charge in [-0.15, -0.1) is 0 Å². The Kier molecular flexibility index (Phi) is 3.10. The second-order valence-corrected chi connectivity index (χ2v) is 4.99. The first-order valence-corrected chi connectivity index (χ1v) is 5.71. The molecule has 0 aromatic rings. The molecule has 2 N–H and O–H groups in total. The van der Waals surface area contributed by atoms with E-state index in [0.717, 1.165) is 25.3 Å². The van der Waals surface area contributed by atoms with Crippen LogP contribution in [0.4, 0.5) is 0 Å². The van der Waals surface area contributed by atoms with Gasteiger partial charge in [-0.05, 0) is 18.8 Å². The van der Waals surface area contributed by atoms with E-state index >= 15 is 0 Å². The van der Waals surface area contributed by atoms with E-state index in [0.29, 0.717) is 19.3 Å². The second kappa shape index (κ2) is 4.17. The van der Waals surface area contributed by atoms with Crippen molar-refractivity contribution in [2.45, 2.75) is 44.2 Å². The topological polar surface area (TPSA) is 41.5 Å². The summed E-state index contributed by atoms with van der Waals surface area (Å²) in [6.45, 7) is 4.44. The summed E-state index contributed by atoms with van der Waals surface area (Å²) in [6.07, 6.45) is 4.10. The highest BCUT2D eigenvalue weighted by Crippen LogP contribution is 2.27. The Morgan fingerprint density at radius 2 is 2.00 bits per heavy atom. The van der Waals surface area contributed by atoms with Gasteiger partial charge < -0.3 is 15.2 Å². The zero-order chi connectivity index (χ0) is 10.0. The van der Waals surface area contributed by atoms with Crippen LogP contribution >= 0.6 is 0 Å². The first-order chi connectivity index (χ1) is 6.68. The van der Waals surface area contributed by atoms with Crippen molar-refractivity contribution in [1.82, 2.24) is 5.32 Å². The van der Waals surface area contributed by atoms with Gasteiger partial charge in [0.05, 0.1) is 5.60 Å². The predicted molar refractivity (Wildman–Crippen MR) is 55.2 cm³/mol. The van der Waals surface area contributed by atoms with Gasteiger partial charge >= 0.3 is 0 Å². The van der Waals surface area contributed by atoms with Gasteiger partial charge in [-0.25, -0.2) is 0 Å². The molecule has 1 heterocycles. The number of hydrogen-bond donors (Lipinski definition) is 2. The van der Waals surface area contributed by atoms with E-state index in [4.69, 9.17) is 4.74 Å². The molecule has 0 bridgehead atoms. The van der Waals surface area contributed by atoms with Gasteiger partial charge in [-0.3, -0.25) is 0 Å². The molecule has 1 aliphatic heterocycles. The molecule has 0 radical (unpaired) electrons. The Morgan fingerprint density at radius 3 is 2.57 bits per heavy atom. The molecule has 1 aliphatic carbocycles. The smallest absolute Gasteiger partial charge is 0.0815 e. The summed E-state index contributed by atoms with van der Waals surface area (Å²) in [6, 6.07) is 0.650. The minimum Gasteiger partial charge on any atom is -0.388 e. The normalized spacial score (nSPS) is 36.4. The first kappa shape index (κ1) is 10.4. The van der Waals surface area contributed by atoms with E-state index in [1.165, 1.54) is 12.8 Å². The molecule has 2 rings (SSSR count). The lowest BCUT2D eigenvalue weighted by atomic mass is 9.81. The zero-order valence-electron chi connectivity index (χ0n) is 8.96. The van der Waals surface area contributed by atoms with Crippen molar-refractivity contribution < 1.29 is 9.84 Å². The summed E-state index contributed by atoms with van der Waals surface area (Å²) in [4.78, 5) is 0. The lowest BCUT2D eigenvalue weighted by Gasteiger charge is -2.38. The van der Waals surface area contributed by atoms with Crippen LogP contribution in [0.25, 0.3) is 0 Å². The quantitative estimate of drug-likeness (QED) is 0.710. The monoisotopic (exact) mass is 199 g/mol. The third kappa shape index (κ3) is 2.47. The lowest BCUT2D eigenvalue weighted by Crippen LogP contribution is -2.50. The van der Waals surface area contributed by atoms with Gasteiger partial charge in [0, 0.05) is 38.6 Å². The molecule has 2 fully saturated rings. The minimum absolute atomic E-state index is 0.503. The number of aliphatic hydroxyl groups is 1. The van der Waals surface area contributed by atoms with Crippen LogP contribution in [0.3, 0.4) is 0 Å². The number of hydrogen-bond acceptors (Lipinski definition) is 3. The fourth-order valence-corrected chi connectivity index (χ4v) is 2.33. The van der Waals surface area contributed by atoms with Gasteiger partial charge in [0.1, 0.15) is 0 Å². The third-order valence-corrected chi connectivity index (χ3v) is 3.52. The maximum atomic E-state index is 10.2. The third-order valence-electron chi connectivity index (χ3n) is 3.52. The molecule has 0 atom stereocenters. The number of ether oxygens (including phenoxy) is 1. The van der Waals surface area contributed by atoms with Crippen LogP contribution in [0, 0.1) is 5.92 Å². The molecule has 0 aromatic carbocycles. The highest BCUT2D eigenvalue weighted by atomic mass is 16.5. The van der Waals surface area contributed by atoms with E-state index in [-0.39, 0.29) is 0 Å². The molecule has 0 aromatic heterocycles. The molecule has 82 valence electrons. The first-order valence-electron chi connectivity index (χ1n) is 5.71. The molecule has 0 amide bonds. The number of rotatable bonds is 3. The maximum absolute atomic E-state index is 10.2. The van der Waals surface area contributed by atoms with Crippen LogP contribution in [0.5, 0.6) is 0 Å². The van der Waals surface area contributed by atoms with E-state index in [9.17, 15) is 5.11 Å². The average molecular weight is 199 g/mol.